The highest BCUT2D eigenvalue weighted by molar-refractivity contribution is 5.97. The molecule has 2 heterocycles. The lowest BCUT2D eigenvalue weighted by molar-refractivity contribution is -0.147. The Bertz CT molecular complexity index is 628. The van der Waals surface area contributed by atoms with Crippen LogP contribution in [-0.4, -0.2) is 71.5 Å². The molecular weight excluding hydrogens is 322 g/mol. The van der Waals surface area contributed by atoms with Crippen molar-refractivity contribution in [2.45, 2.75) is 37.9 Å². The van der Waals surface area contributed by atoms with Gasteiger partial charge in [-0.1, -0.05) is 30.3 Å². The molecule has 2 saturated heterocycles. The van der Waals surface area contributed by atoms with E-state index in [4.69, 9.17) is 9.90 Å². The van der Waals surface area contributed by atoms with E-state index >= 15 is 0 Å². The average Bonchev–Trinajstić information content (AvgIpc) is 2.99. The maximum atomic E-state index is 12.6. The Morgan fingerprint density at radius 1 is 1.28 bits per heavy atom. The predicted octanol–water partition coefficient (Wildman–Crippen LogP) is 0.350. The Morgan fingerprint density at radius 2 is 1.88 bits per heavy atom. The van der Waals surface area contributed by atoms with Crippen LogP contribution in [0.5, 0.6) is 0 Å². The normalized spacial score (nSPS) is 25.1. The molecule has 7 nitrogen and oxygen atoms in total. The lowest BCUT2D eigenvalue weighted by atomic mass is 10.0. The monoisotopic (exact) mass is 347 g/mol. The van der Waals surface area contributed by atoms with Crippen molar-refractivity contribution in [2.24, 2.45) is 0 Å². The number of benzene rings is 1. The number of aliphatic carboxylic acids is 1. The highest BCUT2D eigenvalue weighted by Gasteiger charge is 2.46. The Morgan fingerprint density at radius 3 is 2.44 bits per heavy atom. The third-order valence-corrected chi connectivity index (χ3v) is 4.49. The summed E-state index contributed by atoms with van der Waals surface area (Å²) in [5.41, 5.74) is 1.07. The zero-order valence-electron chi connectivity index (χ0n) is 14.8. The molecular formula is C18H25N3O4. The van der Waals surface area contributed by atoms with Crippen LogP contribution in [-0.2, 0) is 20.8 Å². The number of carbonyl (C=O) groups excluding carboxylic acids is 2. The molecule has 0 aliphatic carbocycles. The topological polar surface area (TPSA) is 90.0 Å². The molecule has 0 unspecified atom stereocenters. The summed E-state index contributed by atoms with van der Waals surface area (Å²) < 4.78 is 0. The minimum absolute atomic E-state index is 0.0140. The van der Waals surface area contributed by atoms with Crippen molar-refractivity contribution in [1.29, 1.82) is 0 Å². The molecule has 1 aromatic carbocycles. The molecule has 2 amide bonds. The van der Waals surface area contributed by atoms with E-state index in [-0.39, 0.29) is 23.9 Å². The Hall–Kier alpha value is -2.41. The minimum atomic E-state index is -0.833. The quantitative estimate of drug-likeness (QED) is 0.823. The van der Waals surface area contributed by atoms with Crippen molar-refractivity contribution in [1.82, 2.24) is 15.1 Å². The molecule has 0 aromatic heterocycles. The summed E-state index contributed by atoms with van der Waals surface area (Å²) >= 11 is 0. The summed E-state index contributed by atoms with van der Waals surface area (Å²) in [6.07, 6.45) is 1.28. The van der Waals surface area contributed by atoms with Crippen LogP contribution in [0.1, 0.15) is 18.9 Å². The van der Waals surface area contributed by atoms with Gasteiger partial charge < -0.3 is 20.2 Å². The van der Waals surface area contributed by atoms with Gasteiger partial charge in [-0.25, -0.2) is 0 Å². The number of carbonyl (C=O) groups is 3. The SMILES string of the molecule is CC(=O)O.CN(C)[C@@H]1C[C@H]2C(=O)N[C@@H](Cc3ccccc3)C(=O)N2C1. The summed E-state index contributed by atoms with van der Waals surface area (Å²) in [5, 5.41) is 10.3. The van der Waals surface area contributed by atoms with E-state index in [1.165, 1.54) is 0 Å². The summed E-state index contributed by atoms with van der Waals surface area (Å²) in [6.45, 7) is 1.73. The lowest BCUT2D eigenvalue weighted by Gasteiger charge is -2.34. The van der Waals surface area contributed by atoms with Gasteiger partial charge in [0, 0.05) is 25.9 Å². The molecule has 1 aromatic rings. The summed E-state index contributed by atoms with van der Waals surface area (Å²) in [4.78, 5) is 37.7. The molecule has 7 heteroatoms. The van der Waals surface area contributed by atoms with Crippen LogP contribution in [0.3, 0.4) is 0 Å². The zero-order chi connectivity index (χ0) is 18.6. The average molecular weight is 347 g/mol. The number of likely N-dealkylation sites (N-methyl/N-ethyl adjacent to an activating group) is 1. The number of nitrogens with zero attached hydrogens (tertiary/aromatic N) is 2. The fourth-order valence-corrected chi connectivity index (χ4v) is 3.20. The summed E-state index contributed by atoms with van der Waals surface area (Å²) in [5.74, 6) is -0.798. The molecule has 0 spiro atoms. The Labute approximate surface area is 147 Å². The third kappa shape index (κ3) is 4.79. The summed E-state index contributed by atoms with van der Waals surface area (Å²) in [7, 11) is 3.99. The molecule has 3 rings (SSSR count). The van der Waals surface area contributed by atoms with Crippen LogP contribution < -0.4 is 5.32 Å². The van der Waals surface area contributed by atoms with Crippen molar-refractivity contribution in [3.63, 3.8) is 0 Å². The smallest absolute Gasteiger partial charge is 0.300 e. The van der Waals surface area contributed by atoms with Crippen LogP contribution >= 0.6 is 0 Å². The van der Waals surface area contributed by atoms with Gasteiger partial charge in [0.15, 0.2) is 0 Å². The van der Waals surface area contributed by atoms with Gasteiger partial charge in [0.25, 0.3) is 5.97 Å². The summed E-state index contributed by atoms with van der Waals surface area (Å²) in [6, 6.07) is 9.35. The maximum absolute atomic E-state index is 12.6. The van der Waals surface area contributed by atoms with Gasteiger partial charge in [-0.05, 0) is 26.1 Å². The minimum Gasteiger partial charge on any atom is -0.481 e. The molecule has 136 valence electrons. The molecule has 0 saturated carbocycles. The van der Waals surface area contributed by atoms with Crippen LogP contribution in [0.2, 0.25) is 0 Å². The number of hydrogen-bond donors (Lipinski definition) is 2. The van der Waals surface area contributed by atoms with Crippen molar-refractivity contribution in [2.75, 3.05) is 20.6 Å². The first-order valence-electron chi connectivity index (χ1n) is 8.30. The highest BCUT2D eigenvalue weighted by Crippen LogP contribution is 2.25. The number of fused-ring (bicyclic) bond motifs is 1. The molecule has 2 aliphatic rings. The fourth-order valence-electron chi connectivity index (χ4n) is 3.20. The molecule has 3 atom stereocenters. The number of hydrogen-bond acceptors (Lipinski definition) is 4. The van der Waals surface area contributed by atoms with Crippen molar-refractivity contribution >= 4 is 17.8 Å². The number of nitrogens with one attached hydrogen (secondary N) is 1. The second kappa shape index (κ2) is 8.11. The Balaban J connectivity index is 0.000000511. The van der Waals surface area contributed by atoms with Gasteiger partial charge >= 0.3 is 0 Å². The van der Waals surface area contributed by atoms with Gasteiger partial charge in [-0.3, -0.25) is 14.4 Å². The largest absolute Gasteiger partial charge is 0.481 e. The van der Waals surface area contributed by atoms with E-state index in [0.29, 0.717) is 13.0 Å². The van der Waals surface area contributed by atoms with Gasteiger partial charge in [0.1, 0.15) is 12.1 Å². The van der Waals surface area contributed by atoms with E-state index in [9.17, 15) is 9.59 Å². The molecule has 0 bridgehead atoms. The number of rotatable bonds is 3. The molecule has 2 aliphatic heterocycles. The van der Waals surface area contributed by atoms with Crippen LogP contribution in [0.25, 0.3) is 0 Å². The van der Waals surface area contributed by atoms with Gasteiger partial charge in [-0.15, -0.1) is 0 Å². The standard InChI is InChI=1S/C16H21N3O2.C2H4O2/c1-18(2)12-9-14-15(20)17-13(16(21)19(14)10-12)8-11-6-4-3-5-7-11;1-2(3)4/h3-7,12-14H,8-10H2,1-2H3,(H,17,20);1H3,(H,3,4)/t12-,13+,14+;/m1./s1. The van der Waals surface area contributed by atoms with Gasteiger partial charge in [-0.2, -0.15) is 0 Å². The van der Waals surface area contributed by atoms with Gasteiger partial charge in [0.05, 0.1) is 0 Å². The third-order valence-electron chi connectivity index (χ3n) is 4.49. The number of carboxylic acids is 1. The first-order valence-corrected chi connectivity index (χ1v) is 8.30. The van der Waals surface area contributed by atoms with Crippen LogP contribution in [0.15, 0.2) is 30.3 Å². The van der Waals surface area contributed by atoms with E-state index in [1.807, 2.05) is 44.4 Å². The first kappa shape index (κ1) is 18.9. The van der Waals surface area contributed by atoms with Gasteiger partial charge in [0.2, 0.25) is 11.8 Å². The number of amides is 2. The predicted molar refractivity (Wildman–Crippen MR) is 93.0 cm³/mol. The maximum Gasteiger partial charge on any atom is 0.300 e. The second-order valence-electron chi connectivity index (χ2n) is 6.63. The number of carboxylic acid groups (broad SMARTS) is 1. The van der Waals surface area contributed by atoms with E-state index in [0.717, 1.165) is 18.9 Å². The lowest BCUT2D eigenvalue weighted by Crippen LogP contribution is -2.61. The van der Waals surface area contributed by atoms with Crippen LogP contribution in [0.4, 0.5) is 0 Å². The van der Waals surface area contributed by atoms with E-state index < -0.39 is 12.0 Å². The van der Waals surface area contributed by atoms with Crippen molar-refractivity contribution < 1.29 is 19.5 Å². The molecule has 2 N–H and O–H groups in total. The van der Waals surface area contributed by atoms with Crippen molar-refractivity contribution in [3.8, 4) is 0 Å². The van der Waals surface area contributed by atoms with Crippen LogP contribution in [0, 0.1) is 0 Å². The molecule has 25 heavy (non-hydrogen) atoms. The fraction of sp³-hybridized carbons (Fsp3) is 0.500. The Kier molecular flexibility index (Phi) is 6.14. The first-order chi connectivity index (χ1) is 11.8. The molecule has 0 radical (unpaired) electrons. The zero-order valence-corrected chi connectivity index (χ0v) is 14.8. The van der Waals surface area contributed by atoms with E-state index in [1.54, 1.807) is 4.90 Å². The second-order valence-corrected chi connectivity index (χ2v) is 6.63. The number of piperazine rings is 1. The van der Waals surface area contributed by atoms with Crippen molar-refractivity contribution in [3.05, 3.63) is 35.9 Å². The highest BCUT2D eigenvalue weighted by atomic mass is 16.4. The van der Waals surface area contributed by atoms with E-state index in [2.05, 4.69) is 10.2 Å². The molecule has 2 fully saturated rings.